The molecular weight excluding hydrogens is 352 g/mol. The third-order valence-electron chi connectivity index (χ3n) is 2.34. The van der Waals surface area contributed by atoms with Crippen LogP contribution >= 0.6 is 27.3 Å². The van der Waals surface area contributed by atoms with Crippen molar-refractivity contribution >= 4 is 43.0 Å². The van der Waals surface area contributed by atoms with Gasteiger partial charge in [-0.3, -0.25) is 10.8 Å². The van der Waals surface area contributed by atoms with Crippen LogP contribution in [-0.2, 0) is 16.6 Å². The van der Waals surface area contributed by atoms with Crippen LogP contribution in [0.5, 0.6) is 0 Å². The van der Waals surface area contributed by atoms with Gasteiger partial charge in [-0.15, -0.1) is 11.3 Å². The summed E-state index contributed by atoms with van der Waals surface area (Å²) in [6.07, 6.45) is 2.71. The number of halogens is 1. The smallest absolute Gasteiger partial charge is 0.244 e. The van der Waals surface area contributed by atoms with Crippen molar-refractivity contribution in [1.29, 1.82) is 0 Å². The van der Waals surface area contributed by atoms with E-state index in [0.717, 1.165) is 9.35 Å². The largest absolute Gasteiger partial charge is 0.323 e. The fourth-order valence-corrected chi connectivity index (χ4v) is 4.03. The van der Waals surface area contributed by atoms with Gasteiger partial charge in [-0.05, 0) is 33.4 Å². The maximum Gasteiger partial charge on any atom is 0.244 e. The number of pyridine rings is 1. The van der Waals surface area contributed by atoms with Crippen molar-refractivity contribution in [2.75, 3.05) is 5.43 Å². The molecule has 9 heteroatoms. The van der Waals surface area contributed by atoms with Crippen LogP contribution in [-0.4, -0.2) is 13.4 Å². The standard InChI is InChI=1S/C10H11BrN4O2S2/c11-7-2-4-18-9(7)5-14-19(16,17)10-6-13-3-1-8(10)15-12/h1-4,6,14H,5,12H2,(H,13,15). The van der Waals surface area contributed by atoms with Crippen molar-refractivity contribution in [2.45, 2.75) is 11.4 Å². The van der Waals surface area contributed by atoms with Crippen molar-refractivity contribution in [3.63, 3.8) is 0 Å². The number of nitrogens with one attached hydrogen (secondary N) is 2. The SMILES string of the molecule is NNc1ccncc1S(=O)(=O)NCc1sccc1Br. The van der Waals surface area contributed by atoms with Gasteiger partial charge in [0.25, 0.3) is 0 Å². The molecule has 19 heavy (non-hydrogen) atoms. The van der Waals surface area contributed by atoms with Crippen molar-refractivity contribution in [3.05, 3.63) is 39.3 Å². The Morgan fingerprint density at radius 3 is 2.84 bits per heavy atom. The second kappa shape index (κ2) is 5.97. The highest BCUT2D eigenvalue weighted by Gasteiger charge is 2.18. The van der Waals surface area contributed by atoms with Gasteiger partial charge in [-0.1, -0.05) is 0 Å². The van der Waals surface area contributed by atoms with Gasteiger partial charge in [-0.2, -0.15) is 0 Å². The number of aromatic nitrogens is 1. The molecule has 0 atom stereocenters. The zero-order chi connectivity index (χ0) is 13.9. The molecule has 2 aromatic heterocycles. The van der Waals surface area contributed by atoms with E-state index in [1.165, 1.54) is 29.8 Å². The number of sulfonamides is 1. The zero-order valence-electron chi connectivity index (χ0n) is 9.63. The van der Waals surface area contributed by atoms with E-state index in [2.05, 4.69) is 31.1 Å². The number of anilines is 1. The monoisotopic (exact) mass is 362 g/mol. The molecule has 0 aliphatic rings. The van der Waals surface area contributed by atoms with Crippen molar-refractivity contribution in [2.24, 2.45) is 5.84 Å². The Labute approximate surface area is 123 Å². The second-order valence-electron chi connectivity index (χ2n) is 3.53. The van der Waals surface area contributed by atoms with Crippen molar-refractivity contribution < 1.29 is 8.42 Å². The minimum Gasteiger partial charge on any atom is -0.323 e. The number of nitrogen functional groups attached to an aromatic ring is 1. The minimum absolute atomic E-state index is 0.0187. The summed E-state index contributed by atoms with van der Waals surface area (Å²) in [5.41, 5.74) is 2.64. The Kier molecular flexibility index (Phi) is 4.53. The van der Waals surface area contributed by atoms with Gasteiger partial charge in [-0.25, -0.2) is 13.1 Å². The molecule has 0 unspecified atom stereocenters. The van der Waals surface area contributed by atoms with Gasteiger partial charge in [0.2, 0.25) is 10.0 Å². The molecule has 0 bridgehead atoms. The Hall–Kier alpha value is -1.00. The Morgan fingerprint density at radius 2 is 2.21 bits per heavy atom. The Balaban J connectivity index is 2.21. The van der Waals surface area contributed by atoms with E-state index in [0.29, 0.717) is 5.69 Å². The molecular formula is C10H11BrN4O2S2. The van der Waals surface area contributed by atoms with Crippen LogP contribution in [0.1, 0.15) is 4.88 Å². The van der Waals surface area contributed by atoms with Crippen LogP contribution in [0.2, 0.25) is 0 Å². The molecule has 0 fully saturated rings. The average Bonchev–Trinajstić information content (AvgIpc) is 2.82. The van der Waals surface area contributed by atoms with E-state index in [-0.39, 0.29) is 11.4 Å². The molecule has 4 N–H and O–H groups in total. The molecule has 6 nitrogen and oxygen atoms in total. The van der Waals surface area contributed by atoms with Gasteiger partial charge in [0.15, 0.2) is 0 Å². The van der Waals surface area contributed by atoms with Gasteiger partial charge in [0, 0.05) is 28.3 Å². The topological polar surface area (TPSA) is 97.1 Å². The molecule has 0 saturated carbocycles. The summed E-state index contributed by atoms with van der Waals surface area (Å²) in [7, 11) is -3.67. The highest BCUT2D eigenvalue weighted by Crippen LogP contribution is 2.24. The summed E-state index contributed by atoms with van der Waals surface area (Å²) in [5, 5.41) is 1.88. The van der Waals surface area contributed by atoms with Crippen LogP contribution < -0.4 is 16.0 Å². The lowest BCUT2D eigenvalue weighted by Crippen LogP contribution is -2.25. The zero-order valence-corrected chi connectivity index (χ0v) is 12.8. The van der Waals surface area contributed by atoms with E-state index in [9.17, 15) is 8.42 Å². The lowest BCUT2D eigenvalue weighted by molar-refractivity contribution is 0.581. The predicted molar refractivity (Wildman–Crippen MR) is 78.1 cm³/mol. The fraction of sp³-hybridized carbons (Fsp3) is 0.100. The average molecular weight is 363 g/mol. The number of thiophene rings is 1. The number of hydrogen-bond acceptors (Lipinski definition) is 6. The highest BCUT2D eigenvalue weighted by molar-refractivity contribution is 9.10. The molecule has 2 heterocycles. The van der Waals surface area contributed by atoms with E-state index < -0.39 is 10.0 Å². The number of nitrogens with two attached hydrogens (primary N) is 1. The van der Waals surface area contributed by atoms with Gasteiger partial charge in [0.05, 0.1) is 5.69 Å². The van der Waals surface area contributed by atoms with Crippen LogP contribution in [0, 0.1) is 0 Å². The summed E-state index contributed by atoms with van der Waals surface area (Å²) in [6, 6.07) is 3.36. The summed E-state index contributed by atoms with van der Waals surface area (Å²) in [4.78, 5) is 4.72. The van der Waals surface area contributed by atoms with Crippen LogP contribution in [0.3, 0.4) is 0 Å². The molecule has 0 spiro atoms. The number of nitrogens with zero attached hydrogens (tertiary/aromatic N) is 1. The van der Waals surface area contributed by atoms with E-state index in [1.807, 2.05) is 11.4 Å². The van der Waals surface area contributed by atoms with E-state index in [4.69, 9.17) is 5.84 Å². The maximum atomic E-state index is 12.2. The number of hydrazine groups is 1. The minimum atomic E-state index is -3.67. The number of rotatable bonds is 5. The Morgan fingerprint density at radius 1 is 1.42 bits per heavy atom. The molecule has 0 aliphatic heterocycles. The third kappa shape index (κ3) is 3.31. The summed E-state index contributed by atoms with van der Waals surface area (Å²) in [5.74, 6) is 5.29. The van der Waals surface area contributed by atoms with Gasteiger partial charge >= 0.3 is 0 Å². The third-order valence-corrected chi connectivity index (χ3v) is 5.70. The predicted octanol–water partition coefficient (Wildman–Crippen LogP) is 1.67. The first-order valence-electron chi connectivity index (χ1n) is 5.17. The lowest BCUT2D eigenvalue weighted by Gasteiger charge is -2.09. The molecule has 102 valence electrons. The van der Waals surface area contributed by atoms with Gasteiger partial charge < -0.3 is 5.43 Å². The highest BCUT2D eigenvalue weighted by atomic mass is 79.9. The van der Waals surface area contributed by atoms with Crippen LogP contribution in [0.4, 0.5) is 5.69 Å². The molecule has 0 radical (unpaired) electrons. The molecule has 0 aliphatic carbocycles. The maximum absolute atomic E-state index is 12.2. The second-order valence-corrected chi connectivity index (χ2v) is 7.12. The first kappa shape index (κ1) is 14.4. The summed E-state index contributed by atoms with van der Waals surface area (Å²) >= 11 is 4.81. The molecule has 0 aromatic carbocycles. The first-order chi connectivity index (χ1) is 9.04. The van der Waals surface area contributed by atoms with E-state index >= 15 is 0 Å². The fourth-order valence-electron chi connectivity index (χ4n) is 1.40. The van der Waals surface area contributed by atoms with E-state index in [1.54, 1.807) is 0 Å². The quantitative estimate of drug-likeness (QED) is 0.555. The molecule has 0 amide bonds. The molecule has 0 saturated heterocycles. The summed E-state index contributed by atoms with van der Waals surface area (Å²) in [6.45, 7) is 0.208. The van der Waals surface area contributed by atoms with Crippen molar-refractivity contribution in [1.82, 2.24) is 9.71 Å². The lowest BCUT2D eigenvalue weighted by atomic mass is 10.4. The number of hydrogen-bond donors (Lipinski definition) is 3. The first-order valence-corrected chi connectivity index (χ1v) is 8.32. The van der Waals surface area contributed by atoms with Crippen molar-refractivity contribution in [3.8, 4) is 0 Å². The molecule has 2 rings (SSSR count). The van der Waals surface area contributed by atoms with Crippen LogP contribution in [0.15, 0.2) is 39.3 Å². The normalized spacial score (nSPS) is 11.5. The van der Waals surface area contributed by atoms with Gasteiger partial charge in [0.1, 0.15) is 4.90 Å². The Bertz CT molecular complexity index is 672. The summed E-state index contributed by atoms with van der Waals surface area (Å²) < 4.78 is 27.7. The van der Waals surface area contributed by atoms with Crippen LogP contribution in [0.25, 0.3) is 0 Å². The molecule has 2 aromatic rings.